The van der Waals surface area contributed by atoms with Gasteiger partial charge in [0.15, 0.2) is 0 Å². The minimum atomic E-state index is 0.164. The number of nitrogens with one attached hydrogen (secondary N) is 2. The number of rotatable bonds is 6. The average molecular weight is 246 g/mol. The molecule has 0 radical (unpaired) electrons. The summed E-state index contributed by atoms with van der Waals surface area (Å²) in [6.07, 6.45) is 4.99. The van der Waals surface area contributed by atoms with E-state index in [1.807, 2.05) is 18.2 Å². The highest BCUT2D eigenvalue weighted by Gasteiger charge is 2.13. The molecule has 1 amide bonds. The van der Waals surface area contributed by atoms with Crippen LogP contribution in [0.3, 0.4) is 0 Å². The van der Waals surface area contributed by atoms with E-state index >= 15 is 0 Å². The van der Waals surface area contributed by atoms with Crippen molar-refractivity contribution in [1.29, 1.82) is 0 Å². The van der Waals surface area contributed by atoms with Crippen molar-refractivity contribution in [2.75, 3.05) is 13.1 Å². The fourth-order valence-electron chi connectivity index (χ4n) is 2.38. The highest BCUT2D eigenvalue weighted by Crippen LogP contribution is 2.07. The SMILES string of the molecule is O=C(CCc1ccccc1)NCC[C@@H]1CCCN1. The van der Waals surface area contributed by atoms with Crippen LogP contribution in [0.15, 0.2) is 30.3 Å². The minimum Gasteiger partial charge on any atom is -0.356 e. The molecule has 2 N–H and O–H groups in total. The molecule has 98 valence electrons. The number of hydrogen-bond acceptors (Lipinski definition) is 2. The van der Waals surface area contributed by atoms with Crippen LogP contribution in [0.2, 0.25) is 0 Å². The summed E-state index contributed by atoms with van der Waals surface area (Å²) >= 11 is 0. The van der Waals surface area contributed by atoms with Crippen molar-refractivity contribution < 1.29 is 4.79 Å². The van der Waals surface area contributed by atoms with Gasteiger partial charge in [0.25, 0.3) is 0 Å². The van der Waals surface area contributed by atoms with Gasteiger partial charge in [-0.1, -0.05) is 30.3 Å². The first-order valence-electron chi connectivity index (χ1n) is 6.88. The van der Waals surface area contributed by atoms with Gasteiger partial charge in [-0.05, 0) is 37.8 Å². The maximum atomic E-state index is 11.7. The molecule has 1 atom stereocenters. The van der Waals surface area contributed by atoms with Gasteiger partial charge in [-0.2, -0.15) is 0 Å². The molecule has 3 nitrogen and oxygen atoms in total. The van der Waals surface area contributed by atoms with Crippen molar-refractivity contribution in [3.63, 3.8) is 0 Å². The largest absolute Gasteiger partial charge is 0.356 e. The molecule has 0 aromatic heterocycles. The first-order chi connectivity index (χ1) is 8.84. The molecule has 0 unspecified atom stereocenters. The van der Waals surface area contributed by atoms with E-state index in [9.17, 15) is 4.79 Å². The molecule has 0 bridgehead atoms. The smallest absolute Gasteiger partial charge is 0.220 e. The third kappa shape index (κ3) is 4.49. The van der Waals surface area contributed by atoms with E-state index in [0.717, 1.165) is 25.9 Å². The molecule has 1 aliphatic rings. The zero-order chi connectivity index (χ0) is 12.6. The zero-order valence-corrected chi connectivity index (χ0v) is 10.8. The fraction of sp³-hybridized carbons (Fsp3) is 0.533. The molecule has 18 heavy (non-hydrogen) atoms. The van der Waals surface area contributed by atoms with E-state index in [1.165, 1.54) is 18.4 Å². The van der Waals surface area contributed by atoms with Crippen LogP contribution in [-0.4, -0.2) is 25.0 Å². The van der Waals surface area contributed by atoms with Crippen LogP contribution in [0.25, 0.3) is 0 Å². The molecule has 0 saturated carbocycles. The summed E-state index contributed by atoms with van der Waals surface area (Å²) in [4.78, 5) is 11.7. The van der Waals surface area contributed by atoms with Gasteiger partial charge < -0.3 is 10.6 Å². The molecule has 2 rings (SSSR count). The van der Waals surface area contributed by atoms with Crippen molar-refractivity contribution in [2.24, 2.45) is 0 Å². The second-order valence-electron chi connectivity index (χ2n) is 4.92. The molecule has 0 aliphatic carbocycles. The standard InChI is InChI=1S/C15H22N2O/c18-15(9-8-13-5-2-1-3-6-13)17-12-10-14-7-4-11-16-14/h1-3,5-6,14,16H,4,7-12H2,(H,17,18)/t14-/m0/s1. The maximum Gasteiger partial charge on any atom is 0.220 e. The van der Waals surface area contributed by atoms with Gasteiger partial charge in [0.05, 0.1) is 0 Å². The highest BCUT2D eigenvalue weighted by molar-refractivity contribution is 5.76. The van der Waals surface area contributed by atoms with E-state index in [1.54, 1.807) is 0 Å². The third-order valence-corrected chi connectivity index (χ3v) is 3.46. The summed E-state index contributed by atoms with van der Waals surface area (Å²) in [6.45, 7) is 1.93. The van der Waals surface area contributed by atoms with Crippen LogP contribution in [0.4, 0.5) is 0 Å². The number of carbonyl (C=O) groups excluding carboxylic acids is 1. The summed E-state index contributed by atoms with van der Waals surface area (Å²) in [5.74, 6) is 0.164. The van der Waals surface area contributed by atoms with E-state index in [0.29, 0.717) is 12.5 Å². The summed E-state index contributed by atoms with van der Waals surface area (Å²) in [5, 5.41) is 6.44. The quantitative estimate of drug-likeness (QED) is 0.804. The number of benzene rings is 1. The van der Waals surface area contributed by atoms with Crippen molar-refractivity contribution >= 4 is 5.91 Å². The van der Waals surface area contributed by atoms with Crippen molar-refractivity contribution in [3.05, 3.63) is 35.9 Å². The summed E-state index contributed by atoms with van der Waals surface area (Å²) < 4.78 is 0. The molecule has 1 aromatic carbocycles. The molecule has 1 aliphatic heterocycles. The zero-order valence-electron chi connectivity index (χ0n) is 10.8. The average Bonchev–Trinajstić information content (AvgIpc) is 2.91. The van der Waals surface area contributed by atoms with Crippen LogP contribution in [0.1, 0.15) is 31.2 Å². The van der Waals surface area contributed by atoms with Gasteiger partial charge in [-0.3, -0.25) is 4.79 Å². The van der Waals surface area contributed by atoms with E-state index in [2.05, 4.69) is 22.8 Å². The third-order valence-electron chi connectivity index (χ3n) is 3.46. The Balaban J connectivity index is 1.57. The van der Waals surface area contributed by atoms with Crippen LogP contribution in [0.5, 0.6) is 0 Å². The van der Waals surface area contributed by atoms with Crippen molar-refractivity contribution in [1.82, 2.24) is 10.6 Å². The topological polar surface area (TPSA) is 41.1 Å². The first-order valence-corrected chi connectivity index (χ1v) is 6.88. The van der Waals surface area contributed by atoms with Gasteiger partial charge in [0.1, 0.15) is 0 Å². The Hall–Kier alpha value is -1.35. The first kappa shape index (κ1) is 13.1. The van der Waals surface area contributed by atoms with Crippen molar-refractivity contribution in [2.45, 2.75) is 38.1 Å². The lowest BCUT2D eigenvalue weighted by molar-refractivity contribution is -0.121. The molecule has 1 fully saturated rings. The molecule has 1 aromatic rings. The molecule has 1 saturated heterocycles. The Kier molecular flexibility index (Phi) is 5.21. The predicted octanol–water partition coefficient (Wildman–Crippen LogP) is 1.88. The number of carbonyl (C=O) groups is 1. The molecular formula is C15H22N2O. The number of hydrogen-bond donors (Lipinski definition) is 2. The van der Waals surface area contributed by atoms with Gasteiger partial charge >= 0.3 is 0 Å². The molecule has 1 heterocycles. The van der Waals surface area contributed by atoms with Crippen LogP contribution >= 0.6 is 0 Å². The number of aryl methyl sites for hydroxylation is 1. The Labute approximate surface area is 109 Å². The number of amides is 1. The lowest BCUT2D eigenvalue weighted by Gasteiger charge is -2.10. The van der Waals surface area contributed by atoms with Gasteiger partial charge in [-0.25, -0.2) is 0 Å². The lowest BCUT2D eigenvalue weighted by Crippen LogP contribution is -2.30. The summed E-state index contributed by atoms with van der Waals surface area (Å²) in [7, 11) is 0. The van der Waals surface area contributed by atoms with Crippen LogP contribution in [0, 0.1) is 0 Å². The molecule has 3 heteroatoms. The Morgan fingerprint density at radius 2 is 2.17 bits per heavy atom. The molecule has 0 spiro atoms. The summed E-state index contributed by atoms with van der Waals surface area (Å²) in [6, 6.07) is 10.8. The monoisotopic (exact) mass is 246 g/mol. The van der Waals surface area contributed by atoms with Gasteiger partial charge in [0.2, 0.25) is 5.91 Å². The lowest BCUT2D eigenvalue weighted by atomic mass is 10.1. The summed E-state index contributed by atoms with van der Waals surface area (Å²) in [5.41, 5.74) is 1.23. The van der Waals surface area contributed by atoms with E-state index in [-0.39, 0.29) is 5.91 Å². The maximum absolute atomic E-state index is 11.7. The van der Waals surface area contributed by atoms with Gasteiger partial charge in [-0.15, -0.1) is 0 Å². The predicted molar refractivity (Wildman–Crippen MR) is 73.4 cm³/mol. The highest BCUT2D eigenvalue weighted by atomic mass is 16.1. The van der Waals surface area contributed by atoms with Crippen molar-refractivity contribution in [3.8, 4) is 0 Å². The minimum absolute atomic E-state index is 0.164. The Bertz CT molecular complexity index is 358. The second kappa shape index (κ2) is 7.17. The van der Waals surface area contributed by atoms with E-state index in [4.69, 9.17) is 0 Å². The van der Waals surface area contributed by atoms with Gasteiger partial charge in [0, 0.05) is 19.0 Å². The van der Waals surface area contributed by atoms with E-state index < -0.39 is 0 Å². The second-order valence-corrected chi connectivity index (χ2v) is 4.92. The fourth-order valence-corrected chi connectivity index (χ4v) is 2.38. The van der Waals surface area contributed by atoms with Crippen LogP contribution in [-0.2, 0) is 11.2 Å². The van der Waals surface area contributed by atoms with Crippen LogP contribution < -0.4 is 10.6 Å². The Morgan fingerprint density at radius 3 is 2.89 bits per heavy atom. The molecular weight excluding hydrogens is 224 g/mol. The Morgan fingerprint density at radius 1 is 1.33 bits per heavy atom. The normalized spacial score (nSPS) is 18.8.